The molecular weight excluding hydrogens is 126 g/mol. The summed E-state index contributed by atoms with van der Waals surface area (Å²) in [5.74, 6) is -0.304. The smallest absolute Gasteiger partial charge is 0.238 e. The van der Waals surface area contributed by atoms with E-state index in [0.29, 0.717) is 0 Å². The third kappa shape index (κ3) is 0.894. The Morgan fingerprint density at radius 1 is 1.50 bits per heavy atom. The van der Waals surface area contributed by atoms with Crippen LogP contribution in [0.5, 0.6) is 0 Å². The summed E-state index contributed by atoms with van der Waals surface area (Å²) in [6.45, 7) is 0. The molecule has 0 saturated carbocycles. The molecule has 4 heteroatoms. The molecule has 0 aromatic heterocycles. The highest BCUT2D eigenvalue weighted by Gasteiger charge is 2.01. The highest BCUT2D eigenvalue weighted by atomic mass is 32.2. The fraction of sp³-hybridized carbons (Fsp3) is 0. The summed E-state index contributed by atoms with van der Waals surface area (Å²) in [6, 6.07) is 0. The molecule has 1 heterocycles. The lowest BCUT2D eigenvalue weighted by Crippen LogP contribution is -2.06. The van der Waals surface area contributed by atoms with E-state index >= 15 is 0 Å². The van der Waals surface area contributed by atoms with E-state index in [2.05, 4.69) is 4.72 Å². The predicted octanol–water partition coefficient (Wildman–Crippen LogP) is 1.04. The molecule has 0 radical (unpaired) electrons. The summed E-state index contributed by atoms with van der Waals surface area (Å²) >= 11 is 1.21. The summed E-state index contributed by atoms with van der Waals surface area (Å²) in [4.78, 5) is 0. The van der Waals surface area contributed by atoms with Gasteiger partial charge in [-0.3, -0.25) is 4.72 Å². The maximum atomic E-state index is 8.64. The first-order valence-corrected chi connectivity index (χ1v) is 2.89. The van der Waals surface area contributed by atoms with Crippen LogP contribution in [0.3, 0.4) is 0 Å². The summed E-state index contributed by atoms with van der Waals surface area (Å²) < 4.78 is 2.45. The second kappa shape index (κ2) is 2.00. The Labute approximate surface area is 50.8 Å². The molecule has 0 aliphatic carbocycles. The molecule has 3 N–H and O–H groups in total. The lowest BCUT2D eigenvalue weighted by atomic mass is 10.5. The molecule has 3 nitrogen and oxygen atoms in total. The van der Waals surface area contributed by atoms with Gasteiger partial charge in [0.2, 0.25) is 5.88 Å². The van der Waals surface area contributed by atoms with Crippen molar-refractivity contribution in [2.24, 2.45) is 0 Å². The van der Waals surface area contributed by atoms with Gasteiger partial charge in [0.1, 0.15) is 0 Å². The van der Waals surface area contributed by atoms with E-state index in [0.717, 1.165) is 0 Å². The first-order chi connectivity index (χ1) is 3.80. The van der Waals surface area contributed by atoms with Crippen LogP contribution in [0.4, 0.5) is 0 Å². The first-order valence-electron chi connectivity index (χ1n) is 2.01. The van der Waals surface area contributed by atoms with Crippen molar-refractivity contribution in [3.63, 3.8) is 0 Å². The predicted molar refractivity (Wildman–Crippen MR) is 32.2 cm³/mol. The fourth-order valence-corrected chi connectivity index (χ4v) is 0.801. The largest absolute Gasteiger partial charge is 0.503 e. The fourth-order valence-electron chi connectivity index (χ4n) is 0.320. The van der Waals surface area contributed by atoms with Crippen LogP contribution >= 0.6 is 11.9 Å². The van der Waals surface area contributed by atoms with Gasteiger partial charge < -0.3 is 10.2 Å². The van der Waals surface area contributed by atoms with E-state index in [4.69, 9.17) is 10.2 Å². The van der Waals surface area contributed by atoms with Crippen molar-refractivity contribution in [1.29, 1.82) is 0 Å². The van der Waals surface area contributed by atoms with Crippen molar-refractivity contribution >= 4 is 11.9 Å². The number of hydrogen-bond donors (Lipinski definition) is 3. The lowest BCUT2D eigenvalue weighted by Gasteiger charge is -2.04. The molecule has 0 unspecified atom stereocenters. The van der Waals surface area contributed by atoms with Gasteiger partial charge >= 0.3 is 0 Å². The van der Waals surface area contributed by atoms with Crippen LogP contribution in [-0.4, -0.2) is 10.2 Å². The third-order valence-electron chi connectivity index (χ3n) is 0.692. The van der Waals surface area contributed by atoms with Crippen LogP contribution in [0.2, 0.25) is 0 Å². The van der Waals surface area contributed by atoms with Gasteiger partial charge in [-0.2, -0.15) is 0 Å². The second-order valence-electron chi connectivity index (χ2n) is 1.26. The Balaban J connectivity index is 2.76. The van der Waals surface area contributed by atoms with E-state index in [1.807, 2.05) is 0 Å². The zero-order valence-corrected chi connectivity index (χ0v) is 4.77. The molecule has 0 atom stereocenters. The van der Waals surface area contributed by atoms with Crippen molar-refractivity contribution < 1.29 is 10.2 Å². The minimum Gasteiger partial charge on any atom is -0.503 e. The number of aliphatic hydroxyl groups excluding tert-OH is 2. The van der Waals surface area contributed by atoms with E-state index in [1.165, 1.54) is 18.0 Å². The van der Waals surface area contributed by atoms with Crippen molar-refractivity contribution in [2.75, 3.05) is 0 Å². The Morgan fingerprint density at radius 2 is 2.25 bits per heavy atom. The van der Waals surface area contributed by atoms with Gasteiger partial charge in [0.15, 0.2) is 5.76 Å². The monoisotopic (exact) mass is 131 g/mol. The number of allylic oxidation sites excluding steroid dienone is 1. The Bertz CT molecular complexity index is 152. The summed E-state index contributed by atoms with van der Waals surface area (Å²) in [5.41, 5.74) is 0. The summed E-state index contributed by atoms with van der Waals surface area (Å²) in [5, 5.41) is 18.9. The van der Waals surface area contributed by atoms with Gasteiger partial charge in [-0.1, -0.05) is 0 Å². The zero-order chi connectivity index (χ0) is 5.98. The SMILES string of the molecule is OC1=C(O)NSC=C1. The summed E-state index contributed by atoms with van der Waals surface area (Å²) in [7, 11) is 0. The first kappa shape index (κ1) is 5.37. The van der Waals surface area contributed by atoms with Crippen LogP contribution in [0.15, 0.2) is 23.1 Å². The number of hydrogen-bond acceptors (Lipinski definition) is 4. The zero-order valence-electron chi connectivity index (χ0n) is 3.96. The van der Waals surface area contributed by atoms with Crippen LogP contribution in [0, 0.1) is 0 Å². The van der Waals surface area contributed by atoms with E-state index < -0.39 is 0 Å². The molecule has 0 aromatic carbocycles. The van der Waals surface area contributed by atoms with Gasteiger partial charge in [0.25, 0.3) is 0 Å². The molecule has 0 fully saturated rings. The average molecular weight is 131 g/mol. The Kier molecular flexibility index (Phi) is 1.34. The van der Waals surface area contributed by atoms with E-state index in [9.17, 15) is 0 Å². The van der Waals surface area contributed by atoms with Crippen LogP contribution in [0.25, 0.3) is 0 Å². The van der Waals surface area contributed by atoms with Gasteiger partial charge in [-0.05, 0) is 23.4 Å². The maximum absolute atomic E-state index is 8.64. The van der Waals surface area contributed by atoms with Gasteiger partial charge in [-0.25, -0.2) is 0 Å². The van der Waals surface area contributed by atoms with E-state index in [1.54, 1.807) is 5.41 Å². The van der Waals surface area contributed by atoms with Crippen LogP contribution in [0.1, 0.15) is 0 Å². The van der Waals surface area contributed by atoms with Crippen LogP contribution < -0.4 is 4.72 Å². The number of rotatable bonds is 0. The molecule has 0 bridgehead atoms. The molecule has 0 saturated heterocycles. The number of aliphatic hydroxyl groups is 2. The van der Waals surface area contributed by atoms with E-state index in [-0.39, 0.29) is 11.6 Å². The van der Waals surface area contributed by atoms with Crippen molar-refractivity contribution in [1.82, 2.24) is 4.72 Å². The average Bonchev–Trinajstić information content (AvgIpc) is 1.77. The van der Waals surface area contributed by atoms with Crippen molar-refractivity contribution in [2.45, 2.75) is 0 Å². The van der Waals surface area contributed by atoms with Gasteiger partial charge in [0.05, 0.1) is 0 Å². The summed E-state index contributed by atoms with van der Waals surface area (Å²) in [6.07, 6.45) is 1.41. The molecule has 1 aliphatic heterocycles. The van der Waals surface area contributed by atoms with Crippen molar-refractivity contribution in [3.05, 3.63) is 23.1 Å². The molecule has 1 rings (SSSR count). The lowest BCUT2D eigenvalue weighted by molar-refractivity contribution is 0.325. The Morgan fingerprint density at radius 3 is 2.62 bits per heavy atom. The Hall–Kier alpha value is -0.770. The van der Waals surface area contributed by atoms with Crippen molar-refractivity contribution in [3.8, 4) is 0 Å². The molecule has 0 amide bonds. The van der Waals surface area contributed by atoms with Gasteiger partial charge in [0, 0.05) is 0 Å². The highest BCUT2D eigenvalue weighted by molar-refractivity contribution is 8.00. The second-order valence-corrected chi connectivity index (χ2v) is 1.97. The molecule has 0 spiro atoms. The quantitative estimate of drug-likeness (QED) is 0.430. The highest BCUT2D eigenvalue weighted by Crippen LogP contribution is 2.10. The number of nitrogens with one attached hydrogen (secondary N) is 1. The maximum Gasteiger partial charge on any atom is 0.238 e. The normalized spacial score (nSPS) is 18.5. The minimum absolute atomic E-state index is 0.122. The third-order valence-corrected chi connectivity index (χ3v) is 1.28. The van der Waals surface area contributed by atoms with Gasteiger partial charge in [-0.15, -0.1) is 0 Å². The molecule has 44 valence electrons. The molecule has 1 aliphatic rings. The molecule has 8 heavy (non-hydrogen) atoms. The van der Waals surface area contributed by atoms with Crippen LogP contribution in [-0.2, 0) is 0 Å². The molecule has 0 aromatic rings. The standard InChI is InChI=1S/C4H5NO2S/c6-3-1-2-8-5-4(3)7/h1-2,5-7H. The topological polar surface area (TPSA) is 52.5 Å². The minimum atomic E-state index is -0.183. The molecular formula is C4H5NO2S.